The molecule has 0 aliphatic carbocycles. The van der Waals surface area contributed by atoms with E-state index in [1.54, 1.807) is 0 Å². The molecule has 0 heterocycles. The van der Waals surface area contributed by atoms with E-state index >= 15 is 0 Å². The van der Waals surface area contributed by atoms with Crippen LogP contribution in [-0.2, 0) is 23.8 Å². The quantitative estimate of drug-likeness (QED) is 0.0357. The molecule has 52 heavy (non-hydrogen) atoms. The number of unbranched alkanes of at least 4 members (excludes halogenated alkanes) is 21. The molecule has 0 aromatic carbocycles. The van der Waals surface area contributed by atoms with Gasteiger partial charge in [0, 0.05) is 19.4 Å². The van der Waals surface area contributed by atoms with Crippen molar-refractivity contribution in [2.24, 2.45) is 0 Å². The highest BCUT2D eigenvalue weighted by Gasteiger charge is 2.17. The van der Waals surface area contributed by atoms with Gasteiger partial charge in [-0.05, 0) is 57.8 Å². The number of hydrogen-bond acceptors (Lipinski definition) is 5. The van der Waals surface area contributed by atoms with Gasteiger partial charge in [-0.15, -0.1) is 0 Å². The Hall–Kier alpha value is -2.14. The van der Waals surface area contributed by atoms with Crippen molar-refractivity contribution in [3.8, 4) is 0 Å². The van der Waals surface area contributed by atoms with Crippen molar-refractivity contribution in [2.45, 2.75) is 219 Å². The van der Waals surface area contributed by atoms with Crippen LogP contribution < -0.4 is 0 Å². The molecule has 1 unspecified atom stereocenters. The summed E-state index contributed by atoms with van der Waals surface area (Å²) in [5, 5.41) is 0. The highest BCUT2D eigenvalue weighted by atomic mass is 16.6. The highest BCUT2D eigenvalue weighted by Crippen LogP contribution is 2.13. The molecule has 0 spiro atoms. The predicted octanol–water partition coefficient (Wildman–Crippen LogP) is 14.4. The lowest BCUT2D eigenvalue weighted by Gasteiger charge is -2.18. The monoisotopic (exact) mass is 729 g/mol. The molecule has 0 amide bonds. The molecule has 0 saturated heterocycles. The smallest absolute Gasteiger partial charge is 0.306 e. The summed E-state index contributed by atoms with van der Waals surface area (Å²) < 4.78 is 17.2. The third kappa shape index (κ3) is 40.6. The van der Waals surface area contributed by atoms with Crippen LogP contribution in [0.1, 0.15) is 213 Å². The zero-order valence-corrected chi connectivity index (χ0v) is 34.6. The fraction of sp³-hybridized carbons (Fsp3) is 0.787. The first kappa shape index (κ1) is 49.9. The van der Waals surface area contributed by atoms with Crippen LogP contribution in [0.2, 0.25) is 0 Å². The van der Waals surface area contributed by atoms with Crippen molar-refractivity contribution in [3.05, 3.63) is 48.6 Å². The molecule has 0 aliphatic rings. The summed E-state index contributed by atoms with van der Waals surface area (Å²) in [4.78, 5) is 25.1. The fourth-order valence-electron chi connectivity index (χ4n) is 6.09. The second kappa shape index (κ2) is 43.3. The second-order valence-corrected chi connectivity index (χ2v) is 14.6. The zero-order valence-electron chi connectivity index (χ0n) is 34.6. The topological polar surface area (TPSA) is 61.8 Å². The van der Waals surface area contributed by atoms with Crippen LogP contribution in [0, 0.1) is 0 Å². The van der Waals surface area contributed by atoms with Gasteiger partial charge in [0.05, 0.1) is 6.61 Å². The normalized spacial score (nSPS) is 12.6. The number of hydrogen-bond donors (Lipinski definition) is 0. The van der Waals surface area contributed by atoms with E-state index in [1.807, 2.05) is 0 Å². The lowest BCUT2D eigenvalue weighted by Crippen LogP contribution is -2.30. The number of rotatable bonds is 40. The number of allylic oxidation sites excluding steroid dienone is 8. The van der Waals surface area contributed by atoms with Gasteiger partial charge in [-0.1, -0.05) is 191 Å². The van der Waals surface area contributed by atoms with Crippen molar-refractivity contribution in [2.75, 3.05) is 19.8 Å². The van der Waals surface area contributed by atoms with E-state index in [2.05, 4.69) is 69.4 Å². The Morgan fingerprint density at radius 2 is 0.865 bits per heavy atom. The lowest BCUT2D eigenvalue weighted by atomic mass is 10.1. The van der Waals surface area contributed by atoms with Gasteiger partial charge >= 0.3 is 11.9 Å². The van der Waals surface area contributed by atoms with Gasteiger partial charge in [0.15, 0.2) is 6.10 Å². The molecule has 0 bridgehead atoms. The van der Waals surface area contributed by atoms with Crippen LogP contribution in [0.4, 0.5) is 0 Å². The van der Waals surface area contributed by atoms with Crippen molar-refractivity contribution in [3.63, 3.8) is 0 Å². The summed E-state index contributed by atoms with van der Waals surface area (Å²) in [5.74, 6) is -0.423. The molecule has 0 saturated carbocycles. The van der Waals surface area contributed by atoms with Crippen molar-refractivity contribution >= 4 is 11.9 Å². The Morgan fingerprint density at radius 3 is 1.38 bits per heavy atom. The van der Waals surface area contributed by atoms with Crippen LogP contribution >= 0.6 is 0 Å². The van der Waals surface area contributed by atoms with Gasteiger partial charge in [-0.2, -0.15) is 0 Å². The molecule has 1 atom stereocenters. The van der Waals surface area contributed by atoms with E-state index in [0.29, 0.717) is 19.4 Å². The van der Waals surface area contributed by atoms with Gasteiger partial charge in [0.25, 0.3) is 0 Å². The molecule has 0 aromatic heterocycles. The van der Waals surface area contributed by atoms with Crippen molar-refractivity contribution in [1.82, 2.24) is 0 Å². The van der Waals surface area contributed by atoms with E-state index in [1.165, 1.54) is 96.3 Å². The third-order valence-electron chi connectivity index (χ3n) is 9.38. The number of carbonyl (C=O) groups excluding carboxylic acids is 2. The van der Waals surface area contributed by atoms with Crippen LogP contribution in [0.15, 0.2) is 48.6 Å². The van der Waals surface area contributed by atoms with Crippen molar-refractivity contribution < 1.29 is 23.8 Å². The fourth-order valence-corrected chi connectivity index (χ4v) is 6.09. The number of esters is 2. The zero-order chi connectivity index (χ0) is 37.8. The van der Waals surface area contributed by atoms with Crippen LogP contribution in [-0.4, -0.2) is 37.9 Å². The summed E-state index contributed by atoms with van der Waals surface area (Å²) in [7, 11) is 0. The van der Waals surface area contributed by atoms with Crippen molar-refractivity contribution in [1.29, 1.82) is 0 Å². The Kier molecular flexibility index (Phi) is 41.5. The third-order valence-corrected chi connectivity index (χ3v) is 9.38. The molecule has 5 nitrogen and oxygen atoms in total. The van der Waals surface area contributed by atoms with Crippen LogP contribution in [0.3, 0.4) is 0 Å². The van der Waals surface area contributed by atoms with E-state index in [4.69, 9.17) is 14.2 Å². The maximum Gasteiger partial charge on any atom is 0.306 e. The molecule has 5 heteroatoms. The summed E-state index contributed by atoms with van der Waals surface area (Å²) in [5.41, 5.74) is 0. The Bertz CT molecular complexity index is 873. The van der Waals surface area contributed by atoms with Gasteiger partial charge < -0.3 is 14.2 Å². The Balaban J connectivity index is 4.23. The van der Waals surface area contributed by atoms with Gasteiger partial charge in [0.2, 0.25) is 0 Å². The molecule has 0 aliphatic heterocycles. The summed E-state index contributed by atoms with van der Waals surface area (Å²) >= 11 is 0. The van der Waals surface area contributed by atoms with E-state index < -0.39 is 6.10 Å². The molecule has 0 rings (SSSR count). The minimum Gasteiger partial charge on any atom is -0.462 e. The first-order valence-electron chi connectivity index (χ1n) is 22.2. The first-order chi connectivity index (χ1) is 25.6. The van der Waals surface area contributed by atoms with Crippen LogP contribution in [0.25, 0.3) is 0 Å². The molecule has 0 fully saturated rings. The molecule has 0 aromatic rings. The van der Waals surface area contributed by atoms with E-state index in [-0.39, 0.29) is 25.2 Å². The van der Waals surface area contributed by atoms with Gasteiger partial charge in [-0.25, -0.2) is 0 Å². The average Bonchev–Trinajstić information content (AvgIpc) is 3.14. The summed E-state index contributed by atoms with van der Waals surface area (Å²) in [6.07, 6.45) is 51.0. The predicted molar refractivity (Wildman–Crippen MR) is 224 cm³/mol. The Labute approximate surface area is 322 Å². The number of carbonyl (C=O) groups is 2. The SMILES string of the molecule is CC/C=C\C/C=C\C/C=C\C/C=C\CCCCCCC(=O)OCC(COCCCCCCCCCCCC)OC(=O)CCCCCCCCCCC. The summed E-state index contributed by atoms with van der Waals surface area (Å²) in [6.45, 7) is 7.67. The van der Waals surface area contributed by atoms with E-state index in [9.17, 15) is 9.59 Å². The molecular weight excluding hydrogens is 645 g/mol. The van der Waals surface area contributed by atoms with Gasteiger partial charge in [0.1, 0.15) is 6.61 Å². The second-order valence-electron chi connectivity index (χ2n) is 14.6. The molecule has 302 valence electrons. The van der Waals surface area contributed by atoms with Gasteiger partial charge in [-0.3, -0.25) is 9.59 Å². The minimum atomic E-state index is -0.538. The first-order valence-corrected chi connectivity index (χ1v) is 22.2. The average molecular weight is 729 g/mol. The largest absolute Gasteiger partial charge is 0.462 e. The van der Waals surface area contributed by atoms with E-state index in [0.717, 1.165) is 83.5 Å². The maximum atomic E-state index is 12.6. The molecule has 0 N–H and O–H groups in total. The summed E-state index contributed by atoms with van der Waals surface area (Å²) in [6, 6.07) is 0. The standard InChI is InChI=1S/C47H84O5/c1-4-7-10-13-16-19-21-22-23-24-25-26-27-29-31-34-37-40-46(48)51-44-45(43-50-42-39-36-33-30-20-17-14-11-8-5-2)52-47(49)41-38-35-32-28-18-15-12-9-6-3/h7,10,16,19,22-23,25-26,45H,4-6,8-9,11-15,17-18,20-21,24,27-44H2,1-3H3/b10-7-,19-16-,23-22-,26-25-. The highest BCUT2D eigenvalue weighted by molar-refractivity contribution is 5.70. The molecular formula is C47H84O5. The molecule has 0 radical (unpaired) electrons. The Morgan fingerprint density at radius 1 is 0.442 bits per heavy atom. The maximum absolute atomic E-state index is 12.6. The lowest BCUT2D eigenvalue weighted by molar-refractivity contribution is -0.163. The minimum absolute atomic E-state index is 0.0756. The number of ether oxygens (including phenoxy) is 3. The van der Waals surface area contributed by atoms with Crippen LogP contribution in [0.5, 0.6) is 0 Å².